The second kappa shape index (κ2) is 6.50. The molecule has 0 radical (unpaired) electrons. The summed E-state index contributed by atoms with van der Waals surface area (Å²) in [6.07, 6.45) is 6.21. The zero-order chi connectivity index (χ0) is 15.7. The molecule has 0 N–H and O–H groups in total. The van der Waals surface area contributed by atoms with Gasteiger partial charge in [0.05, 0.1) is 12.2 Å². The topological polar surface area (TPSA) is 15.7 Å². The molecule has 3 fully saturated rings. The second-order valence-electron chi connectivity index (χ2n) is 7.50. The van der Waals surface area contributed by atoms with Crippen molar-refractivity contribution in [2.45, 2.75) is 50.3 Å². The molecule has 0 aliphatic carbocycles. The van der Waals surface area contributed by atoms with Gasteiger partial charge in [-0.25, -0.2) is 4.39 Å². The molecule has 0 aromatic heterocycles. The van der Waals surface area contributed by atoms with E-state index in [4.69, 9.17) is 4.74 Å². The molecule has 4 rings (SSSR count). The van der Waals surface area contributed by atoms with Crippen molar-refractivity contribution in [1.82, 2.24) is 9.80 Å². The highest BCUT2D eigenvalue weighted by Crippen LogP contribution is 2.38. The van der Waals surface area contributed by atoms with Crippen LogP contribution in [0.25, 0.3) is 0 Å². The van der Waals surface area contributed by atoms with Gasteiger partial charge in [-0.1, -0.05) is 12.1 Å². The van der Waals surface area contributed by atoms with Crippen LogP contribution < -0.4 is 0 Å². The van der Waals surface area contributed by atoms with E-state index in [9.17, 15) is 4.39 Å². The minimum atomic E-state index is -0.154. The maximum atomic E-state index is 13.0. The molecule has 1 aromatic rings. The Balaban J connectivity index is 1.29. The van der Waals surface area contributed by atoms with Crippen molar-refractivity contribution in [1.29, 1.82) is 0 Å². The van der Waals surface area contributed by atoms with Gasteiger partial charge in [0, 0.05) is 25.7 Å². The van der Waals surface area contributed by atoms with Crippen molar-refractivity contribution < 1.29 is 9.13 Å². The third-order valence-electron chi connectivity index (χ3n) is 5.93. The van der Waals surface area contributed by atoms with Gasteiger partial charge in [0.25, 0.3) is 0 Å². The van der Waals surface area contributed by atoms with Gasteiger partial charge in [-0.2, -0.15) is 0 Å². The minimum absolute atomic E-state index is 0.132. The summed E-state index contributed by atoms with van der Waals surface area (Å²) in [4.78, 5) is 5.12. The number of ether oxygens (including phenoxy) is 1. The average Bonchev–Trinajstić information content (AvgIpc) is 3.22. The molecule has 3 aliphatic rings. The number of nitrogens with zero attached hydrogens (tertiary/aromatic N) is 2. The molecule has 0 bridgehead atoms. The van der Waals surface area contributed by atoms with Crippen LogP contribution in [0.3, 0.4) is 0 Å². The Morgan fingerprint density at radius 1 is 1.04 bits per heavy atom. The first-order valence-corrected chi connectivity index (χ1v) is 9.07. The smallest absolute Gasteiger partial charge is 0.123 e. The largest absolute Gasteiger partial charge is 0.373 e. The van der Waals surface area contributed by atoms with Gasteiger partial charge in [-0.3, -0.25) is 9.80 Å². The number of hydrogen-bond donors (Lipinski definition) is 0. The normalized spacial score (nSPS) is 28.7. The number of hydrogen-bond acceptors (Lipinski definition) is 3. The zero-order valence-electron chi connectivity index (χ0n) is 13.8. The van der Waals surface area contributed by atoms with E-state index in [1.165, 1.54) is 37.9 Å². The number of likely N-dealkylation sites (tertiary alicyclic amines) is 2. The van der Waals surface area contributed by atoms with E-state index in [0.29, 0.717) is 6.04 Å². The van der Waals surface area contributed by atoms with Crippen molar-refractivity contribution in [2.75, 3.05) is 32.8 Å². The Hall–Kier alpha value is -0.970. The fraction of sp³-hybridized carbons (Fsp3) is 0.684. The second-order valence-corrected chi connectivity index (χ2v) is 7.50. The van der Waals surface area contributed by atoms with Crippen LogP contribution in [0.5, 0.6) is 0 Å². The van der Waals surface area contributed by atoms with Crippen LogP contribution in [-0.2, 0) is 11.3 Å². The lowest BCUT2D eigenvalue weighted by Crippen LogP contribution is -2.44. The Bertz CT molecular complexity index is 519. The van der Waals surface area contributed by atoms with E-state index in [0.717, 1.165) is 39.1 Å². The molecule has 0 unspecified atom stereocenters. The van der Waals surface area contributed by atoms with Gasteiger partial charge in [0.1, 0.15) is 5.82 Å². The van der Waals surface area contributed by atoms with Crippen molar-refractivity contribution in [3.63, 3.8) is 0 Å². The molecular formula is C19H27FN2O. The van der Waals surface area contributed by atoms with Crippen LogP contribution in [0, 0.1) is 5.82 Å². The van der Waals surface area contributed by atoms with Crippen LogP contribution in [0.15, 0.2) is 24.3 Å². The Morgan fingerprint density at radius 3 is 2.43 bits per heavy atom. The predicted octanol–water partition coefficient (Wildman–Crippen LogP) is 3.05. The lowest BCUT2D eigenvalue weighted by molar-refractivity contribution is -0.0452. The summed E-state index contributed by atoms with van der Waals surface area (Å²) in [5.41, 5.74) is 1.33. The molecule has 0 saturated carbocycles. The lowest BCUT2D eigenvalue weighted by atomic mass is 9.87. The van der Waals surface area contributed by atoms with Gasteiger partial charge in [-0.05, 0) is 62.9 Å². The quantitative estimate of drug-likeness (QED) is 0.852. The number of benzene rings is 1. The van der Waals surface area contributed by atoms with Gasteiger partial charge >= 0.3 is 0 Å². The summed E-state index contributed by atoms with van der Waals surface area (Å²) in [6, 6.07) is 7.56. The number of halogens is 1. The standard InChI is InChI=1S/C19H27FN2O/c20-17-5-3-16(4-6-17)14-21-11-7-19(8-12-21)13-18(15-23-19)22-9-1-2-10-22/h3-6,18H,1-2,7-15H2/t18-/m0/s1. The molecule has 1 spiro atoms. The summed E-state index contributed by atoms with van der Waals surface area (Å²) < 4.78 is 19.3. The summed E-state index contributed by atoms with van der Waals surface area (Å²) in [7, 11) is 0. The Kier molecular flexibility index (Phi) is 4.39. The van der Waals surface area contributed by atoms with Crippen LogP contribution in [0.2, 0.25) is 0 Å². The molecule has 1 aromatic carbocycles. The third kappa shape index (κ3) is 3.44. The summed E-state index contributed by atoms with van der Waals surface area (Å²) in [5, 5.41) is 0. The average molecular weight is 318 g/mol. The highest BCUT2D eigenvalue weighted by molar-refractivity contribution is 5.16. The van der Waals surface area contributed by atoms with Gasteiger partial charge in [0.15, 0.2) is 0 Å². The molecular weight excluding hydrogens is 291 g/mol. The van der Waals surface area contributed by atoms with E-state index in [1.54, 1.807) is 12.1 Å². The first-order valence-electron chi connectivity index (χ1n) is 9.07. The van der Waals surface area contributed by atoms with Gasteiger partial charge in [-0.15, -0.1) is 0 Å². The fourth-order valence-corrected chi connectivity index (χ4v) is 4.48. The molecule has 3 nitrogen and oxygen atoms in total. The van der Waals surface area contributed by atoms with Crippen molar-refractivity contribution in [2.24, 2.45) is 0 Å². The molecule has 3 aliphatic heterocycles. The first-order chi connectivity index (χ1) is 11.2. The summed E-state index contributed by atoms with van der Waals surface area (Å²) in [6.45, 7) is 6.56. The van der Waals surface area contributed by atoms with Gasteiger partial charge < -0.3 is 4.74 Å². The van der Waals surface area contributed by atoms with E-state index in [1.807, 2.05) is 12.1 Å². The Labute approximate surface area is 138 Å². The minimum Gasteiger partial charge on any atom is -0.373 e. The van der Waals surface area contributed by atoms with E-state index in [2.05, 4.69) is 9.80 Å². The highest BCUT2D eigenvalue weighted by Gasteiger charge is 2.44. The molecule has 126 valence electrons. The van der Waals surface area contributed by atoms with E-state index in [-0.39, 0.29) is 11.4 Å². The summed E-state index contributed by atoms with van der Waals surface area (Å²) >= 11 is 0. The molecule has 1 atom stereocenters. The fourth-order valence-electron chi connectivity index (χ4n) is 4.48. The van der Waals surface area contributed by atoms with Crippen molar-refractivity contribution in [3.8, 4) is 0 Å². The number of rotatable bonds is 3. The van der Waals surface area contributed by atoms with Crippen molar-refractivity contribution >= 4 is 0 Å². The first kappa shape index (κ1) is 15.6. The molecule has 0 amide bonds. The molecule has 3 heterocycles. The van der Waals surface area contributed by atoms with Crippen LogP contribution in [-0.4, -0.2) is 54.2 Å². The molecule has 4 heteroatoms. The van der Waals surface area contributed by atoms with Crippen LogP contribution in [0.4, 0.5) is 4.39 Å². The van der Waals surface area contributed by atoms with E-state index >= 15 is 0 Å². The Morgan fingerprint density at radius 2 is 1.74 bits per heavy atom. The van der Waals surface area contributed by atoms with Gasteiger partial charge in [0.2, 0.25) is 0 Å². The van der Waals surface area contributed by atoms with Crippen molar-refractivity contribution in [3.05, 3.63) is 35.6 Å². The zero-order valence-corrected chi connectivity index (χ0v) is 13.8. The predicted molar refractivity (Wildman–Crippen MR) is 88.8 cm³/mol. The molecule has 3 saturated heterocycles. The van der Waals surface area contributed by atoms with Crippen LogP contribution >= 0.6 is 0 Å². The maximum absolute atomic E-state index is 13.0. The summed E-state index contributed by atoms with van der Waals surface area (Å²) in [5.74, 6) is -0.154. The SMILES string of the molecule is Fc1ccc(CN2CCC3(CC2)C[C@H](N2CCCC2)CO3)cc1. The number of piperidine rings is 1. The van der Waals surface area contributed by atoms with Crippen LogP contribution in [0.1, 0.15) is 37.7 Å². The monoisotopic (exact) mass is 318 g/mol. The molecule has 23 heavy (non-hydrogen) atoms. The third-order valence-corrected chi connectivity index (χ3v) is 5.93. The maximum Gasteiger partial charge on any atom is 0.123 e. The van der Waals surface area contributed by atoms with E-state index < -0.39 is 0 Å². The lowest BCUT2D eigenvalue weighted by Gasteiger charge is -2.39. The highest BCUT2D eigenvalue weighted by atomic mass is 19.1.